The van der Waals surface area contributed by atoms with Crippen molar-refractivity contribution in [1.82, 2.24) is 15.1 Å². The van der Waals surface area contributed by atoms with Crippen LogP contribution in [0.4, 0.5) is 10.5 Å². The first-order chi connectivity index (χ1) is 13.4. The van der Waals surface area contributed by atoms with Crippen LogP contribution >= 0.6 is 23.8 Å². The number of imide groups is 1. The van der Waals surface area contributed by atoms with Crippen LogP contribution in [0.3, 0.4) is 0 Å². The molecular formula is C19H16ClN5O2S. The summed E-state index contributed by atoms with van der Waals surface area (Å²) in [5, 5.41) is 12.9. The van der Waals surface area contributed by atoms with Crippen molar-refractivity contribution in [3.8, 4) is 18.4 Å². The molecule has 1 unspecified atom stereocenters. The molecule has 3 aliphatic rings. The number of nitriles is 1. The van der Waals surface area contributed by atoms with Crippen LogP contribution in [0.5, 0.6) is 0 Å². The van der Waals surface area contributed by atoms with Gasteiger partial charge in [-0.05, 0) is 43.3 Å². The van der Waals surface area contributed by atoms with Crippen molar-refractivity contribution in [2.24, 2.45) is 0 Å². The molecule has 3 amide bonds. The quantitative estimate of drug-likeness (QED) is 0.451. The van der Waals surface area contributed by atoms with Gasteiger partial charge in [0, 0.05) is 6.54 Å². The average Bonchev–Trinajstić information content (AvgIpc) is 3.34. The van der Waals surface area contributed by atoms with Gasteiger partial charge in [0.05, 0.1) is 34.9 Å². The highest BCUT2D eigenvalue weighted by Gasteiger charge is 2.62. The number of nitrogens with one attached hydrogen (secondary N) is 1. The molecule has 3 atom stereocenters. The Bertz CT molecular complexity index is 997. The fraction of sp³-hybridized carbons (Fsp3) is 0.368. The zero-order valence-corrected chi connectivity index (χ0v) is 16.5. The Balaban J connectivity index is 1.65. The van der Waals surface area contributed by atoms with E-state index < -0.39 is 6.04 Å². The van der Waals surface area contributed by atoms with Gasteiger partial charge >= 0.3 is 6.03 Å². The van der Waals surface area contributed by atoms with E-state index in [1.807, 2.05) is 11.0 Å². The van der Waals surface area contributed by atoms with E-state index in [2.05, 4.69) is 11.2 Å². The fourth-order valence-corrected chi connectivity index (χ4v) is 4.83. The third-order valence-electron chi connectivity index (χ3n) is 5.59. The number of terminal acetylenes is 1. The topological polar surface area (TPSA) is 79.7 Å². The zero-order valence-electron chi connectivity index (χ0n) is 15.0. The number of carbonyl (C=O) groups excluding carboxylic acids is 2. The number of piperazine rings is 1. The number of likely N-dealkylation sites (tertiary alicyclic amines) is 1. The molecule has 1 aromatic carbocycles. The summed E-state index contributed by atoms with van der Waals surface area (Å²) < 4.78 is 0. The largest absolute Gasteiger partial charge is 0.352 e. The van der Waals surface area contributed by atoms with E-state index >= 15 is 0 Å². The Hall–Kier alpha value is -2.81. The molecule has 0 aromatic heterocycles. The molecule has 28 heavy (non-hydrogen) atoms. The molecule has 142 valence electrons. The van der Waals surface area contributed by atoms with Crippen LogP contribution in [-0.2, 0) is 4.79 Å². The molecule has 4 rings (SSSR count). The van der Waals surface area contributed by atoms with Gasteiger partial charge in [-0.2, -0.15) is 5.26 Å². The van der Waals surface area contributed by atoms with Gasteiger partial charge in [-0.3, -0.25) is 4.79 Å². The number of hydrogen-bond donors (Lipinski definition) is 1. The standard InChI is InChI=1S/C19H16ClN5O2S/c1-3-6-22-18(28)23-9-12-7-14(23)16-17(26)25(19(27)24(12)16)13-5-4-11(8-21)15(20)10(13)2/h1,4-5,12,14,16H,6-7,9H2,2H3,(H,22,28)/t12-,14?,16+/m1/s1. The van der Waals surface area contributed by atoms with Crippen molar-refractivity contribution < 1.29 is 9.59 Å². The van der Waals surface area contributed by atoms with Crippen molar-refractivity contribution in [2.75, 3.05) is 18.0 Å². The highest BCUT2D eigenvalue weighted by atomic mass is 35.5. The number of amides is 3. The molecular weight excluding hydrogens is 398 g/mol. The summed E-state index contributed by atoms with van der Waals surface area (Å²) in [5.41, 5.74) is 1.24. The smallest absolute Gasteiger partial charge is 0.332 e. The van der Waals surface area contributed by atoms with Gasteiger partial charge in [0.15, 0.2) is 5.11 Å². The van der Waals surface area contributed by atoms with Crippen LogP contribution in [-0.4, -0.2) is 58.1 Å². The number of anilines is 1. The molecule has 0 spiro atoms. The predicted molar refractivity (Wildman–Crippen MR) is 108 cm³/mol. The first-order valence-corrected chi connectivity index (χ1v) is 9.52. The summed E-state index contributed by atoms with van der Waals surface area (Å²) in [6, 6.07) is 3.90. The number of fused-ring (bicyclic) bond motifs is 5. The number of halogens is 1. The van der Waals surface area contributed by atoms with Gasteiger partial charge in [0.25, 0.3) is 5.91 Å². The summed E-state index contributed by atoms with van der Waals surface area (Å²) in [7, 11) is 0. The van der Waals surface area contributed by atoms with Crippen molar-refractivity contribution in [3.63, 3.8) is 0 Å². The van der Waals surface area contributed by atoms with Crippen LogP contribution in [0.1, 0.15) is 17.5 Å². The zero-order chi connectivity index (χ0) is 20.2. The molecule has 0 saturated carbocycles. The van der Waals surface area contributed by atoms with Gasteiger partial charge in [-0.15, -0.1) is 6.42 Å². The Morgan fingerprint density at radius 2 is 2.21 bits per heavy atom. The lowest BCUT2D eigenvalue weighted by Crippen LogP contribution is -2.56. The summed E-state index contributed by atoms with van der Waals surface area (Å²) in [6.45, 7) is 2.57. The number of benzene rings is 1. The number of rotatable bonds is 2. The van der Waals surface area contributed by atoms with Gasteiger partial charge in [-0.25, -0.2) is 9.69 Å². The number of thiocarbonyl (C=S) groups is 1. The van der Waals surface area contributed by atoms with Crippen LogP contribution in [0.15, 0.2) is 12.1 Å². The summed E-state index contributed by atoms with van der Waals surface area (Å²) >= 11 is 11.6. The van der Waals surface area contributed by atoms with E-state index in [0.29, 0.717) is 41.4 Å². The van der Waals surface area contributed by atoms with Crippen LogP contribution in [0.2, 0.25) is 5.02 Å². The maximum atomic E-state index is 13.2. The second kappa shape index (κ2) is 6.66. The molecule has 9 heteroatoms. The van der Waals surface area contributed by atoms with Crippen molar-refractivity contribution >= 4 is 46.6 Å². The first-order valence-electron chi connectivity index (χ1n) is 8.74. The molecule has 3 fully saturated rings. The molecule has 3 heterocycles. The normalized spacial score (nSPS) is 25.0. The van der Waals surface area contributed by atoms with E-state index in [1.165, 1.54) is 11.0 Å². The maximum Gasteiger partial charge on any atom is 0.332 e. The number of nitrogens with zero attached hydrogens (tertiary/aromatic N) is 4. The molecule has 0 radical (unpaired) electrons. The minimum Gasteiger partial charge on any atom is -0.352 e. The van der Waals surface area contributed by atoms with E-state index in [4.69, 9.17) is 35.5 Å². The number of carbonyl (C=O) groups is 2. The summed E-state index contributed by atoms with van der Waals surface area (Å²) in [6.07, 6.45) is 5.97. The van der Waals surface area contributed by atoms with Crippen LogP contribution < -0.4 is 10.2 Å². The van der Waals surface area contributed by atoms with E-state index in [-0.39, 0.29) is 29.0 Å². The molecule has 1 aromatic rings. The lowest BCUT2D eigenvalue weighted by molar-refractivity contribution is -0.120. The Kier molecular flexibility index (Phi) is 4.41. The Morgan fingerprint density at radius 1 is 1.46 bits per heavy atom. The molecule has 2 bridgehead atoms. The second-order valence-electron chi connectivity index (χ2n) is 6.96. The van der Waals surface area contributed by atoms with E-state index in [9.17, 15) is 9.59 Å². The number of urea groups is 1. The Morgan fingerprint density at radius 3 is 2.89 bits per heavy atom. The lowest BCUT2D eigenvalue weighted by Gasteiger charge is -2.36. The van der Waals surface area contributed by atoms with Gasteiger partial charge in [0.1, 0.15) is 12.1 Å². The predicted octanol–water partition coefficient (Wildman–Crippen LogP) is 1.62. The molecule has 3 aliphatic heterocycles. The molecule has 3 saturated heterocycles. The summed E-state index contributed by atoms with van der Waals surface area (Å²) in [4.78, 5) is 31.1. The third-order valence-corrected chi connectivity index (χ3v) is 6.45. The first kappa shape index (κ1) is 18.5. The molecule has 1 N–H and O–H groups in total. The second-order valence-corrected chi connectivity index (χ2v) is 7.73. The summed E-state index contributed by atoms with van der Waals surface area (Å²) in [5.74, 6) is 2.18. The van der Waals surface area contributed by atoms with Gasteiger partial charge in [-0.1, -0.05) is 17.5 Å². The molecule has 0 aliphatic carbocycles. The van der Waals surface area contributed by atoms with Gasteiger partial charge in [0.2, 0.25) is 0 Å². The van der Waals surface area contributed by atoms with E-state index in [0.717, 1.165) is 0 Å². The third kappa shape index (κ3) is 2.46. The lowest BCUT2D eigenvalue weighted by atomic mass is 10.1. The minimum atomic E-state index is -0.592. The Labute approximate surface area is 172 Å². The highest BCUT2D eigenvalue weighted by Crippen LogP contribution is 2.43. The monoisotopic (exact) mass is 413 g/mol. The minimum absolute atomic E-state index is 0.0869. The van der Waals surface area contributed by atoms with Crippen LogP contribution in [0, 0.1) is 30.6 Å². The van der Waals surface area contributed by atoms with Crippen molar-refractivity contribution in [2.45, 2.75) is 31.5 Å². The van der Waals surface area contributed by atoms with Crippen molar-refractivity contribution in [1.29, 1.82) is 5.26 Å². The van der Waals surface area contributed by atoms with Crippen LogP contribution in [0.25, 0.3) is 0 Å². The molecule has 7 nitrogen and oxygen atoms in total. The van der Waals surface area contributed by atoms with Crippen molar-refractivity contribution in [3.05, 3.63) is 28.3 Å². The highest BCUT2D eigenvalue weighted by molar-refractivity contribution is 7.80. The van der Waals surface area contributed by atoms with Gasteiger partial charge < -0.3 is 15.1 Å². The average molecular weight is 414 g/mol. The number of hydrogen-bond acceptors (Lipinski definition) is 4. The SMILES string of the molecule is C#CCNC(=S)N1C[C@H]2CC1[C@H]1C(=O)N(c3ccc(C#N)c(Cl)c3C)C(=O)N21. The fourth-order valence-electron chi connectivity index (χ4n) is 4.34. The maximum absolute atomic E-state index is 13.2. The van der Waals surface area contributed by atoms with E-state index in [1.54, 1.807) is 17.9 Å².